The van der Waals surface area contributed by atoms with Crippen LogP contribution < -0.4 is 10.1 Å². The standard InChI is InChI=1S/C19H21ClN2O3/c20-17-3-1-2-4-18(17)25-14-19(23)21-16-7-5-15(6-8-16)13-22-9-11-24-12-10-22/h1-8H,9-14H2,(H,21,23). The van der Waals surface area contributed by atoms with Crippen molar-refractivity contribution in [2.24, 2.45) is 0 Å². The van der Waals surface area contributed by atoms with Crippen LogP contribution in [0.25, 0.3) is 0 Å². The summed E-state index contributed by atoms with van der Waals surface area (Å²) in [5, 5.41) is 3.31. The molecule has 0 saturated carbocycles. The summed E-state index contributed by atoms with van der Waals surface area (Å²) in [5.41, 5.74) is 1.96. The lowest BCUT2D eigenvalue weighted by molar-refractivity contribution is -0.118. The molecule has 0 aromatic heterocycles. The van der Waals surface area contributed by atoms with Crippen LogP contribution in [0, 0.1) is 0 Å². The van der Waals surface area contributed by atoms with E-state index in [1.807, 2.05) is 36.4 Å². The Balaban J connectivity index is 1.47. The fraction of sp³-hybridized carbons (Fsp3) is 0.316. The van der Waals surface area contributed by atoms with Crippen molar-refractivity contribution in [2.45, 2.75) is 6.54 Å². The molecule has 3 rings (SSSR count). The third kappa shape index (κ3) is 5.46. The highest BCUT2D eigenvalue weighted by Gasteiger charge is 2.11. The van der Waals surface area contributed by atoms with Gasteiger partial charge in [0.05, 0.1) is 18.2 Å². The van der Waals surface area contributed by atoms with E-state index in [2.05, 4.69) is 10.2 Å². The molecule has 1 heterocycles. The van der Waals surface area contributed by atoms with Crippen LogP contribution in [0.15, 0.2) is 48.5 Å². The van der Waals surface area contributed by atoms with Gasteiger partial charge in [-0.3, -0.25) is 9.69 Å². The van der Waals surface area contributed by atoms with Crippen molar-refractivity contribution in [3.05, 3.63) is 59.1 Å². The number of nitrogens with zero attached hydrogens (tertiary/aromatic N) is 1. The Kier molecular flexibility index (Phi) is 6.28. The van der Waals surface area contributed by atoms with Gasteiger partial charge < -0.3 is 14.8 Å². The first-order valence-corrected chi connectivity index (χ1v) is 8.65. The smallest absolute Gasteiger partial charge is 0.262 e. The highest BCUT2D eigenvalue weighted by atomic mass is 35.5. The van der Waals surface area contributed by atoms with E-state index in [1.165, 1.54) is 5.56 Å². The van der Waals surface area contributed by atoms with Gasteiger partial charge in [0.2, 0.25) is 0 Å². The summed E-state index contributed by atoms with van der Waals surface area (Å²) in [7, 11) is 0. The number of ether oxygens (including phenoxy) is 2. The second kappa shape index (κ2) is 8.85. The summed E-state index contributed by atoms with van der Waals surface area (Å²) >= 11 is 6.00. The van der Waals surface area contributed by atoms with E-state index in [-0.39, 0.29) is 12.5 Å². The molecule has 0 unspecified atom stereocenters. The van der Waals surface area contributed by atoms with Crippen LogP contribution in [-0.2, 0) is 16.1 Å². The predicted octanol–water partition coefficient (Wildman–Crippen LogP) is 3.19. The van der Waals surface area contributed by atoms with Gasteiger partial charge in [-0.2, -0.15) is 0 Å². The zero-order valence-corrected chi connectivity index (χ0v) is 14.7. The quantitative estimate of drug-likeness (QED) is 0.859. The van der Waals surface area contributed by atoms with Gasteiger partial charge in [-0.25, -0.2) is 0 Å². The average Bonchev–Trinajstić information content (AvgIpc) is 2.64. The number of anilines is 1. The molecule has 25 heavy (non-hydrogen) atoms. The van der Waals surface area contributed by atoms with E-state index in [9.17, 15) is 4.79 Å². The summed E-state index contributed by atoms with van der Waals surface area (Å²) < 4.78 is 10.8. The van der Waals surface area contributed by atoms with E-state index in [4.69, 9.17) is 21.1 Å². The molecule has 2 aromatic rings. The van der Waals surface area contributed by atoms with Crippen LogP contribution in [0.3, 0.4) is 0 Å². The molecule has 132 valence electrons. The van der Waals surface area contributed by atoms with Gasteiger partial charge >= 0.3 is 0 Å². The SMILES string of the molecule is O=C(COc1ccccc1Cl)Nc1ccc(CN2CCOCC2)cc1. The first-order chi connectivity index (χ1) is 12.2. The Bertz CT molecular complexity index is 700. The highest BCUT2D eigenvalue weighted by molar-refractivity contribution is 6.32. The fourth-order valence-corrected chi connectivity index (χ4v) is 2.80. The number of carbonyl (C=O) groups excluding carboxylic acids is 1. The molecule has 6 heteroatoms. The molecule has 5 nitrogen and oxygen atoms in total. The molecular formula is C19H21ClN2O3. The average molecular weight is 361 g/mol. The lowest BCUT2D eigenvalue weighted by Gasteiger charge is -2.26. The van der Waals surface area contributed by atoms with Crippen LogP contribution >= 0.6 is 11.6 Å². The maximum Gasteiger partial charge on any atom is 0.262 e. The lowest BCUT2D eigenvalue weighted by atomic mass is 10.2. The largest absolute Gasteiger partial charge is 0.482 e. The van der Waals surface area contributed by atoms with Crippen molar-refractivity contribution in [2.75, 3.05) is 38.2 Å². The van der Waals surface area contributed by atoms with Crippen molar-refractivity contribution in [1.29, 1.82) is 0 Å². The summed E-state index contributed by atoms with van der Waals surface area (Å²) in [6, 6.07) is 14.9. The Labute approximate surface area is 152 Å². The zero-order valence-electron chi connectivity index (χ0n) is 13.9. The van der Waals surface area contributed by atoms with Crippen LogP contribution in [0.1, 0.15) is 5.56 Å². The van der Waals surface area contributed by atoms with E-state index in [0.29, 0.717) is 10.8 Å². The number of hydrogen-bond acceptors (Lipinski definition) is 4. The van der Waals surface area contributed by atoms with Crippen molar-refractivity contribution < 1.29 is 14.3 Å². The Morgan fingerprint density at radius 3 is 2.56 bits per heavy atom. The predicted molar refractivity (Wildman–Crippen MR) is 98.1 cm³/mol. The molecule has 0 atom stereocenters. The van der Waals surface area contributed by atoms with Gasteiger partial charge in [-0.1, -0.05) is 35.9 Å². The molecule has 2 aromatic carbocycles. The van der Waals surface area contributed by atoms with Gasteiger partial charge in [0.15, 0.2) is 6.61 Å². The third-order valence-corrected chi connectivity index (χ3v) is 4.26. The molecule has 0 aliphatic carbocycles. The molecular weight excluding hydrogens is 340 g/mol. The summed E-state index contributed by atoms with van der Waals surface area (Å²) in [4.78, 5) is 14.4. The summed E-state index contributed by atoms with van der Waals surface area (Å²) in [5.74, 6) is 0.279. The van der Waals surface area contributed by atoms with Crippen LogP contribution in [0.5, 0.6) is 5.75 Å². The Morgan fingerprint density at radius 1 is 1.12 bits per heavy atom. The molecule has 0 bridgehead atoms. The number of halogens is 1. The van der Waals surface area contributed by atoms with Gasteiger partial charge in [0.1, 0.15) is 5.75 Å². The van der Waals surface area contributed by atoms with Crippen molar-refractivity contribution in [3.8, 4) is 5.75 Å². The van der Waals surface area contributed by atoms with Gasteiger partial charge in [-0.15, -0.1) is 0 Å². The normalized spacial score (nSPS) is 14.9. The maximum absolute atomic E-state index is 12.0. The number of para-hydroxylation sites is 1. The minimum atomic E-state index is -0.221. The third-order valence-electron chi connectivity index (χ3n) is 3.94. The number of nitrogens with one attached hydrogen (secondary N) is 1. The fourth-order valence-electron chi connectivity index (χ4n) is 2.61. The minimum absolute atomic E-state index is 0.0841. The molecule has 1 fully saturated rings. The second-order valence-corrected chi connectivity index (χ2v) is 6.26. The molecule has 1 aliphatic heterocycles. The highest BCUT2D eigenvalue weighted by Crippen LogP contribution is 2.23. The second-order valence-electron chi connectivity index (χ2n) is 5.85. The summed E-state index contributed by atoms with van der Waals surface area (Å²) in [6.07, 6.45) is 0. The minimum Gasteiger partial charge on any atom is -0.482 e. The Hall–Kier alpha value is -2.08. The van der Waals surface area contributed by atoms with Crippen molar-refractivity contribution in [1.82, 2.24) is 4.90 Å². The molecule has 1 aliphatic rings. The van der Waals surface area contributed by atoms with Gasteiger partial charge in [0, 0.05) is 25.3 Å². The summed E-state index contributed by atoms with van der Waals surface area (Å²) in [6.45, 7) is 4.31. The zero-order chi connectivity index (χ0) is 17.5. The lowest BCUT2D eigenvalue weighted by Crippen LogP contribution is -2.35. The number of benzene rings is 2. The first kappa shape index (κ1) is 17.7. The number of amides is 1. The maximum atomic E-state index is 12.0. The molecule has 0 spiro atoms. The topological polar surface area (TPSA) is 50.8 Å². The number of rotatable bonds is 6. The van der Waals surface area contributed by atoms with Crippen LogP contribution in [0.2, 0.25) is 5.02 Å². The monoisotopic (exact) mass is 360 g/mol. The number of morpholine rings is 1. The van der Waals surface area contributed by atoms with Gasteiger partial charge in [-0.05, 0) is 29.8 Å². The van der Waals surface area contributed by atoms with E-state index >= 15 is 0 Å². The van der Waals surface area contributed by atoms with Crippen molar-refractivity contribution in [3.63, 3.8) is 0 Å². The van der Waals surface area contributed by atoms with Crippen LogP contribution in [-0.4, -0.2) is 43.7 Å². The number of hydrogen-bond donors (Lipinski definition) is 1. The molecule has 1 N–H and O–H groups in total. The van der Waals surface area contributed by atoms with Gasteiger partial charge in [0.25, 0.3) is 5.91 Å². The van der Waals surface area contributed by atoms with E-state index in [1.54, 1.807) is 12.1 Å². The van der Waals surface area contributed by atoms with Crippen molar-refractivity contribution >= 4 is 23.2 Å². The molecule has 0 radical (unpaired) electrons. The first-order valence-electron chi connectivity index (χ1n) is 8.27. The Morgan fingerprint density at radius 2 is 1.84 bits per heavy atom. The number of carbonyl (C=O) groups is 1. The molecule has 1 saturated heterocycles. The molecule has 1 amide bonds. The van der Waals surface area contributed by atoms with Crippen LogP contribution in [0.4, 0.5) is 5.69 Å². The van der Waals surface area contributed by atoms with E-state index < -0.39 is 0 Å². The van der Waals surface area contributed by atoms with E-state index in [0.717, 1.165) is 38.5 Å².